The van der Waals surface area contributed by atoms with Gasteiger partial charge in [0.05, 0.1) is 43.6 Å². The Balaban J connectivity index is 1.67. The molecule has 0 saturated heterocycles. The fourth-order valence-electron chi connectivity index (χ4n) is 2.91. The Bertz CT molecular complexity index is 1090. The van der Waals surface area contributed by atoms with Crippen LogP contribution in [0.15, 0.2) is 66.7 Å². The van der Waals surface area contributed by atoms with Crippen LogP contribution in [0.1, 0.15) is 16.8 Å². The second kappa shape index (κ2) is 11.1. The number of halogens is 1. The van der Waals surface area contributed by atoms with Crippen LogP contribution in [0.25, 0.3) is 0 Å². The van der Waals surface area contributed by atoms with E-state index in [0.29, 0.717) is 39.2 Å². The van der Waals surface area contributed by atoms with Gasteiger partial charge >= 0.3 is 0 Å². The molecule has 0 bridgehead atoms. The third-order valence-electron chi connectivity index (χ3n) is 4.50. The Morgan fingerprint density at radius 2 is 1.41 bits per heavy atom. The van der Waals surface area contributed by atoms with Crippen LogP contribution in [0.2, 0.25) is 5.02 Å². The molecule has 3 aromatic carbocycles. The number of carbonyl (C=O) groups is 2. The van der Waals surface area contributed by atoms with E-state index in [0.717, 1.165) is 0 Å². The summed E-state index contributed by atoms with van der Waals surface area (Å²) in [6.45, 7) is 0.153. The summed E-state index contributed by atoms with van der Waals surface area (Å²) in [5, 5.41) is 6.06. The predicted molar refractivity (Wildman–Crippen MR) is 124 cm³/mol. The first-order valence-corrected chi connectivity index (χ1v) is 10.2. The van der Waals surface area contributed by atoms with Crippen molar-refractivity contribution in [1.82, 2.24) is 0 Å². The third-order valence-corrected chi connectivity index (χ3v) is 4.82. The van der Waals surface area contributed by atoms with Crippen LogP contribution in [0.4, 0.5) is 11.4 Å². The Kier molecular flexibility index (Phi) is 7.94. The Hall–Kier alpha value is -3.71. The largest absolute Gasteiger partial charge is 0.494 e. The molecule has 166 valence electrons. The summed E-state index contributed by atoms with van der Waals surface area (Å²) in [5.74, 6) is 0.685. The summed E-state index contributed by atoms with van der Waals surface area (Å²) >= 11 is 6.05. The van der Waals surface area contributed by atoms with Crippen molar-refractivity contribution in [2.45, 2.75) is 6.42 Å². The van der Waals surface area contributed by atoms with Gasteiger partial charge in [0.2, 0.25) is 5.91 Å². The van der Waals surface area contributed by atoms with E-state index in [9.17, 15) is 9.59 Å². The lowest BCUT2D eigenvalue weighted by Crippen LogP contribution is -2.17. The van der Waals surface area contributed by atoms with Gasteiger partial charge in [-0.1, -0.05) is 41.9 Å². The van der Waals surface area contributed by atoms with Crippen molar-refractivity contribution in [1.29, 1.82) is 0 Å². The SMILES string of the molecule is COc1cc(NC(=O)c2ccccc2)c(OC)cc1NC(=O)CCOc1ccccc1Cl. The van der Waals surface area contributed by atoms with Crippen molar-refractivity contribution in [3.63, 3.8) is 0 Å². The molecule has 0 heterocycles. The fourth-order valence-corrected chi connectivity index (χ4v) is 3.10. The highest BCUT2D eigenvalue weighted by Gasteiger charge is 2.16. The molecular formula is C24H23ClN2O5. The molecule has 3 rings (SSSR count). The van der Waals surface area contributed by atoms with Crippen molar-refractivity contribution in [2.75, 3.05) is 31.5 Å². The van der Waals surface area contributed by atoms with Crippen LogP contribution in [0.5, 0.6) is 17.2 Å². The molecule has 0 aromatic heterocycles. The maximum atomic E-state index is 12.5. The molecule has 0 atom stereocenters. The maximum Gasteiger partial charge on any atom is 0.255 e. The lowest BCUT2D eigenvalue weighted by Gasteiger charge is -2.16. The molecule has 0 unspecified atom stereocenters. The zero-order valence-corrected chi connectivity index (χ0v) is 18.4. The Morgan fingerprint density at radius 3 is 2.03 bits per heavy atom. The minimum absolute atomic E-state index is 0.100. The van der Waals surface area contributed by atoms with Gasteiger partial charge in [0, 0.05) is 17.7 Å². The number of carbonyl (C=O) groups excluding carboxylic acids is 2. The number of amides is 2. The van der Waals surface area contributed by atoms with Gasteiger partial charge in [0.1, 0.15) is 17.2 Å². The monoisotopic (exact) mass is 454 g/mol. The normalized spacial score (nSPS) is 10.2. The Labute approximate surface area is 191 Å². The molecule has 0 fully saturated rings. The number of hydrogen-bond donors (Lipinski definition) is 2. The van der Waals surface area contributed by atoms with E-state index in [1.165, 1.54) is 14.2 Å². The molecule has 2 amide bonds. The number of rotatable bonds is 9. The average Bonchev–Trinajstić information content (AvgIpc) is 2.81. The summed E-state index contributed by atoms with van der Waals surface area (Å²) in [4.78, 5) is 24.9. The van der Waals surface area contributed by atoms with Crippen LogP contribution in [0.3, 0.4) is 0 Å². The molecule has 0 radical (unpaired) electrons. The third kappa shape index (κ3) is 5.92. The first kappa shape index (κ1) is 23.0. The van der Waals surface area contributed by atoms with Gasteiger partial charge in [-0.3, -0.25) is 9.59 Å². The smallest absolute Gasteiger partial charge is 0.255 e. The molecule has 0 spiro atoms. The maximum absolute atomic E-state index is 12.5. The standard InChI is InChI=1S/C24H23ClN2O5/c1-30-21-15-19(27-24(29)16-8-4-3-5-9-16)22(31-2)14-18(21)26-23(28)12-13-32-20-11-7-6-10-17(20)25/h3-11,14-15H,12-13H2,1-2H3,(H,26,28)(H,27,29). The Morgan fingerprint density at radius 1 is 0.812 bits per heavy atom. The van der Waals surface area contributed by atoms with E-state index in [1.54, 1.807) is 60.7 Å². The van der Waals surface area contributed by atoms with Gasteiger partial charge < -0.3 is 24.8 Å². The van der Waals surface area contributed by atoms with Gasteiger partial charge in [0.15, 0.2) is 0 Å². The minimum atomic E-state index is -0.292. The molecular weight excluding hydrogens is 432 g/mol. The summed E-state index contributed by atoms with van der Waals surface area (Å²) in [6.07, 6.45) is 0.100. The van der Waals surface area contributed by atoms with Crippen LogP contribution in [-0.4, -0.2) is 32.6 Å². The first-order valence-electron chi connectivity index (χ1n) is 9.81. The highest BCUT2D eigenvalue weighted by molar-refractivity contribution is 6.32. The minimum Gasteiger partial charge on any atom is -0.494 e. The summed E-state index contributed by atoms with van der Waals surface area (Å²) in [6, 6.07) is 19.0. The topological polar surface area (TPSA) is 85.9 Å². The molecule has 7 nitrogen and oxygen atoms in total. The lowest BCUT2D eigenvalue weighted by molar-refractivity contribution is -0.116. The predicted octanol–water partition coefficient (Wildman–Crippen LogP) is 5.02. The number of anilines is 2. The van der Waals surface area contributed by atoms with Crippen molar-refractivity contribution in [2.24, 2.45) is 0 Å². The highest BCUT2D eigenvalue weighted by Crippen LogP contribution is 2.36. The second-order valence-electron chi connectivity index (χ2n) is 6.65. The number of benzene rings is 3. The number of nitrogens with one attached hydrogen (secondary N) is 2. The van der Waals surface area contributed by atoms with Crippen LogP contribution in [0, 0.1) is 0 Å². The van der Waals surface area contributed by atoms with Crippen molar-refractivity contribution in [3.05, 3.63) is 77.3 Å². The molecule has 0 aliphatic rings. The molecule has 8 heteroatoms. The van der Waals surface area contributed by atoms with E-state index >= 15 is 0 Å². The van der Waals surface area contributed by atoms with Gasteiger partial charge in [-0.05, 0) is 24.3 Å². The molecule has 3 aromatic rings. The van der Waals surface area contributed by atoms with Gasteiger partial charge in [-0.15, -0.1) is 0 Å². The molecule has 0 aliphatic carbocycles. The van der Waals surface area contributed by atoms with E-state index < -0.39 is 0 Å². The molecule has 32 heavy (non-hydrogen) atoms. The van der Waals surface area contributed by atoms with Crippen molar-refractivity contribution < 1.29 is 23.8 Å². The number of para-hydroxylation sites is 1. The van der Waals surface area contributed by atoms with Crippen molar-refractivity contribution in [3.8, 4) is 17.2 Å². The zero-order chi connectivity index (χ0) is 22.9. The summed E-state index contributed by atoms with van der Waals surface area (Å²) in [7, 11) is 2.95. The average molecular weight is 455 g/mol. The van der Waals surface area contributed by atoms with Gasteiger partial charge in [-0.25, -0.2) is 0 Å². The zero-order valence-electron chi connectivity index (χ0n) is 17.7. The van der Waals surface area contributed by atoms with Gasteiger partial charge in [0.25, 0.3) is 5.91 Å². The van der Waals surface area contributed by atoms with E-state index in [1.807, 2.05) is 6.07 Å². The van der Waals surface area contributed by atoms with E-state index in [-0.39, 0.29) is 24.8 Å². The molecule has 0 aliphatic heterocycles. The van der Waals surface area contributed by atoms with Crippen LogP contribution >= 0.6 is 11.6 Å². The van der Waals surface area contributed by atoms with Gasteiger partial charge in [-0.2, -0.15) is 0 Å². The fraction of sp³-hybridized carbons (Fsp3) is 0.167. The second-order valence-corrected chi connectivity index (χ2v) is 7.06. The number of ether oxygens (including phenoxy) is 3. The van der Waals surface area contributed by atoms with Crippen LogP contribution < -0.4 is 24.8 Å². The number of hydrogen-bond acceptors (Lipinski definition) is 5. The molecule has 0 saturated carbocycles. The first-order chi connectivity index (χ1) is 15.5. The quantitative estimate of drug-likeness (QED) is 0.474. The summed E-state index contributed by atoms with van der Waals surface area (Å²) in [5.41, 5.74) is 1.33. The van der Waals surface area contributed by atoms with Crippen LogP contribution in [-0.2, 0) is 4.79 Å². The summed E-state index contributed by atoms with van der Waals surface area (Å²) < 4.78 is 16.3. The van der Waals surface area contributed by atoms with E-state index in [4.69, 9.17) is 25.8 Å². The molecule has 2 N–H and O–H groups in total. The van der Waals surface area contributed by atoms with Crippen molar-refractivity contribution >= 4 is 34.8 Å². The lowest BCUT2D eigenvalue weighted by atomic mass is 10.2. The number of methoxy groups -OCH3 is 2. The van der Waals surface area contributed by atoms with E-state index in [2.05, 4.69) is 10.6 Å². The highest BCUT2D eigenvalue weighted by atomic mass is 35.5.